The van der Waals surface area contributed by atoms with E-state index in [-0.39, 0.29) is 5.75 Å². The van der Waals surface area contributed by atoms with Crippen molar-refractivity contribution in [2.24, 2.45) is 11.8 Å². The van der Waals surface area contributed by atoms with Gasteiger partial charge in [0.25, 0.3) is 0 Å². The minimum Gasteiger partial charge on any atom is -0.317 e. The molecule has 1 saturated carbocycles. The van der Waals surface area contributed by atoms with Crippen LogP contribution in [0.4, 0.5) is 0 Å². The van der Waals surface area contributed by atoms with Crippen molar-refractivity contribution < 1.29 is 8.42 Å². The number of hydrogen-bond acceptors (Lipinski definition) is 3. The van der Waals surface area contributed by atoms with Crippen molar-refractivity contribution in [1.82, 2.24) is 5.32 Å². The van der Waals surface area contributed by atoms with E-state index in [0.717, 1.165) is 24.7 Å². The van der Waals surface area contributed by atoms with E-state index >= 15 is 0 Å². The molecule has 3 unspecified atom stereocenters. The highest BCUT2D eigenvalue weighted by atomic mass is 32.2. The van der Waals surface area contributed by atoms with Crippen molar-refractivity contribution in [2.75, 3.05) is 18.6 Å². The van der Waals surface area contributed by atoms with Crippen molar-refractivity contribution in [2.45, 2.75) is 58.4 Å². The molecule has 1 N–H and O–H groups in total. The van der Waals surface area contributed by atoms with E-state index in [9.17, 15) is 8.42 Å². The monoisotopic (exact) mass is 275 g/mol. The molecular weight excluding hydrogens is 246 g/mol. The minimum atomic E-state index is -2.79. The van der Waals surface area contributed by atoms with Gasteiger partial charge in [0.2, 0.25) is 0 Å². The topological polar surface area (TPSA) is 46.2 Å². The Morgan fingerprint density at radius 3 is 2.61 bits per heavy atom. The number of nitrogens with one attached hydrogen (secondary N) is 1. The van der Waals surface area contributed by atoms with E-state index < -0.39 is 9.84 Å². The van der Waals surface area contributed by atoms with E-state index in [4.69, 9.17) is 0 Å². The molecular formula is C14H29NO2S. The molecule has 1 aliphatic carbocycles. The predicted molar refractivity (Wildman–Crippen MR) is 77.5 cm³/mol. The van der Waals surface area contributed by atoms with E-state index in [0.29, 0.717) is 11.8 Å². The van der Waals surface area contributed by atoms with Gasteiger partial charge in [0.1, 0.15) is 9.84 Å². The molecule has 4 heteroatoms. The van der Waals surface area contributed by atoms with Crippen molar-refractivity contribution in [3.05, 3.63) is 0 Å². The molecule has 0 aromatic rings. The molecule has 0 radical (unpaired) electrons. The molecule has 1 rings (SSSR count). The van der Waals surface area contributed by atoms with Gasteiger partial charge in [-0.3, -0.25) is 0 Å². The number of hydrogen-bond donors (Lipinski definition) is 1. The molecule has 3 nitrogen and oxygen atoms in total. The highest BCUT2D eigenvalue weighted by Crippen LogP contribution is 2.32. The van der Waals surface area contributed by atoms with Crippen LogP contribution in [0.5, 0.6) is 0 Å². The highest BCUT2D eigenvalue weighted by molar-refractivity contribution is 7.91. The van der Waals surface area contributed by atoms with E-state index in [1.807, 2.05) is 7.05 Å². The third-order valence-electron chi connectivity index (χ3n) is 4.33. The van der Waals surface area contributed by atoms with E-state index in [1.165, 1.54) is 25.7 Å². The van der Waals surface area contributed by atoms with Crippen LogP contribution in [0.15, 0.2) is 0 Å². The van der Waals surface area contributed by atoms with Crippen molar-refractivity contribution >= 4 is 9.84 Å². The van der Waals surface area contributed by atoms with Crippen molar-refractivity contribution in [3.63, 3.8) is 0 Å². The Labute approximate surface area is 113 Å². The molecule has 3 atom stereocenters. The first kappa shape index (κ1) is 16.0. The van der Waals surface area contributed by atoms with Crippen molar-refractivity contribution in [3.8, 4) is 0 Å². The molecule has 0 heterocycles. The van der Waals surface area contributed by atoms with Gasteiger partial charge in [0, 0.05) is 11.8 Å². The zero-order valence-corrected chi connectivity index (χ0v) is 12.9. The Hall–Kier alpha value is -0.0900. The van der Waals surface area contributed by atoms with Crippen LogP contribution >= 0.6 is 0 Å². The fraction of sp³-hybridized carbons (Fsp3) is 1.00. The molecule has 108 valence electrons. The average Bonchev–Trinajstić information content (AvgIpc) is 2.34. The van der Waals surface area contributed by atoms with E-state index in [2.05, 4.69) is 12.2 Å². The van der Waals surface area contributed by atoms with E-state index in [1.54, 1.807) is 6.92 Å². The first-order chi connectivity index (χ1) is 8.48. The van der Waals surface area contributed by atoms with Gasteiger partial charge in [0.15, 0.2) is 0 Å². The van der Waals surface area contributed by atoms with Gasteiger partial charge >= 0.3 is 0 Å². The van der Waals surface area contributed by atoms with Gasteiger partial charge in [-0.25, -0.2) is 8.42 Å². The van der Waals surface area contributed by atoms with Gasteiger partial charge < -0.3 is 5.32 Å². The van der Waals surface area contributed by atoms with Gasteiger partial charge in [0.05, 0.1) is 5.75 Å². The summed E-state index contributed by atoms with van der Waals surface area (Å²) in [4.78, 5) is 0. The summed E-state index contributed by atoms with van der Waals surface area (Å²) in [6.07, 6.45) is 7.08. The normalized spacial score (nSPS) is 27.1. The fourth-order valence-corrected chi connectivity index (χ4v) is 4.02. The Balaban J connectivity index is 2.37. The standard InChI is InChI=1S/C14H29NO2S/c1-4-18(16,17)10-6-9-14(15-3)13-8-5-7-12(2)11-13/h12-15H,4-11H2,1-3H3. The van der Waals surface area contributed by atoms with Crippen molar-refractivity contribution in [1.29, 1.82) is 0 Å². The maximum atomic E-state index is 11.5. The molecule has 0 bridgehead atoms. The summed E-state index contributed by atoms with van der Waals surface area (Å²) in [5.41, 5.74) is 0. The molecule has 1 fully saturated rings. The summed E-state index contributed by atoms with van der Waals surface area (Å²) in [5.74, 6) is 2.20. The fourth-order valence-electron chi connectivity index (χ4n) is 3.13. The maximum absolute atomic E-state index is 11.5. The molecule has 18 heavy (non-hydrogen) atoms. The smallest absolute Gasteiger partial charge is 0.150 e. The lowest BCUT2D eigenvalue weighted by Crippen LogP contribution is -2.36. The van der Waals surface area contributed by atoms with Crippen LogP contribution in [0, 0.1) is 11.8 Å². The second-order valence-electron chi connectivity index (χ2n) is 5.81. The molecule has 0 aliphatic heterocycles. The van der Waals surface area contributed by atoms with Gasteiger partial charge in [-0.1, -0.05) is 26.7 Å². The lowest BCUT2D eigenvalue weighted by Gasteiger charge is -2.33. The summed E-state index contributed by atoms with van der Waals surface area (Å²) in [5, 5.41) is 3.40. The maximum Gasteiger partial charge on any atom is 0.150 e. The zero-order chi connectivity index (χ0) is 13.6. The summed E-state index contributed by atoms with van der Waals surface area (Å²) in [6.45, 7) is 4.06. The number of sulfone groups is 1. The summed E-state index contributed by atoms with van der Waals surface area (Å²) in [6, 6.07) is 0.500. The van der Waals surface area contributed by atoms with Crippen LogP contribution in [0.1, 0.15) is 52.4 Å². The first-order valence-corrected chi connectivity index (χ1v) is 9.18. The van der Waals surface area contributed by atoms with Gasteiger partial charge in [-0.05, 0) is 44.6 Å². The largest absolute Gasteiger partial charge is 0.317 e. The van der Waals surface area contributed by atoms with Crippen LogP contribution in [0.3, 0.4) is 0 Å². The molecule has 0 aromatic carbocycles. The van der Waals surface area contributed by atoms with Crippen LogP contribution in [-0.2, 0) is 9.84 Å². The lowest BCUT2D eigenvalue weighted by atomic mass is 9.77. The van der Waals surface area contributed by atoms with Crippen LogP contribution in [0.25, 0.3) is 0 Å². The summed E-state index contributed by atoms with van der Waals surface area (Å²) < 4.78 is 23.0. The highest BCUT2D eigenvalue weighted by Gasteiger charge is 2.25. The first-order valence-electron chi connectivity index (χ1n) is 7.36. The summed E-state index contributed by atoms with van der Waals surface area (Å²) >= 11 is 0. The molecule has 1 aliphatic rings. The molecule has 0 aromatic heterocycles. The zero-order valence-electron chi connectivity index (χ0n) is 12.1. The predicted octanol–water partition coefficient (Wildman–Crippen LogP) is 2.62. The third-order valence-corrected chi connectivity index (χ3v) is 6.12. The number of rotatable bonds is 7. The second kappa shape index (κ2) is 7.49. The minimum absolute atomic E-state index is 0.275. The Morgan fingerprint density at radius 2 is 2.06 bits per heavy atom. The average molecular weight is 275 g/mol. The molecule has 0 spiro atoms. The van der Waals surface area contributed by atoms with Crippen LogP contribution in [-0.4, -0.2) is 33.0 Å². The quantitative estimate of drug-likeness (QED) is 0.777. The second-order valence-corrected chi connectivity index (χ2v) is 8.28. The SMILES string of the molecule is CCS(=O)(=O)CCCC(NC)C1CCCC(C)C1. The van der Waals surface area contributed by atoms with Gasteiger partial charge in [-0.2, -0.15) is 0 Å². The molecule has 0 saturated heterocycles. The third kappa shape index (κ3) is 5.27. The Kier molecular flexibility index (Phi) is 6.64. The molecule has 0 amide bonds. The Morgan fingerprint density at radius 1 is 1.33 bits per heavy atom. The van der Waals surface area contributed by atoms with Crippen LogP contribution < -0.4 is 5.32 Å². The Bertz CT molecular complexity index is 327. The van der Waals surface area contributed by atoms with Crippen LogP contribution in [0.2, 0.25) is 0 Å². The lowest BCUT2D eigenvalue weighted by molar-refractivity contribution is 0.220. The van der Waals surface area contributed by atoms with Gasteiger partial charge in [-0.15, -0.1) is 0 Å². The summed E-state index contributed by atoms with van der Waals surface area (Å²) in [7, 11) is -0.780.